The van der Waals surface area contributed by atoms with Crippen LogP contribution in [-0.4, -0.2) is 62.0 Å². The molecule has 1 fully saturated rings. The van der Waals surface area contributed by atoms with Gasteiger partial charge in [-0.2, -0.15) is 0 Å². The van der Waals surface area contributed by atoms with Crippen molar-refractivity contribution < 1.29 is 9.26 Å². The van der Waals surface area contributed by atoms with Crippen LogP contribution < -0.4 is 17.0 Å². The van der Waals surface area contributed by atoms with Crippen LogP contribution in [0.15, 0.2) is 67.4 Å². The summed E-state index contributed by atoms with van der Waals surface area (Å²) in [6.07, 6.45) is 0.686. The number of aromatic amines is 1. The number of benzene rings is 2. The molecule has 40 heavy (non-hydrogen) atoms. The van der Waals surface area contributed by atoms with Crippen molar-refractivity contribution >= 4 is 21.7 Å². The van der Waals surface area contributed by atoms with Crippen LogP contribution in [0.3, 0.4) is 0 Å². The molecule has 1 aliphatic heterocycles. The van der Waals surface area contributed by atoms with Gasteiger partial charge in [0.2, 0.25) is 0 Å². The molecule has 3 aromatic heterocycles. The Morgan fingerprint density at radius 3 is 2.40 bits per heavy atom. The maximum absolute atomic E-state index is 13.7. The summed E-state index contributed by atoms with van der Waals surface area (Å²) < 4.78 is 13.1. The predicted octanol–water partition coefficient (Wildman–Crippen LogP) is 2.57. The summed E-state index contributed by atoms with van der Waals surface area (Å²) in [5.41, 5.74) is 3.12. The summed E-state index contributed by atoms with van der Waals surface area (Å²) >= 11 is 1.39. The molecule has 1 N–H and O–H groups in total. The molecule has 0 unspecified atom stereocenters. The van der Waals surface area contributed by atoms with Gasteiger partial charge >= 0.3 is 11.4 Å². The Kier molecular flexibility index (Phi) is 7.29. The van der Waals surface area contributed by atoms with Crippen LogP contribution in [0, 0.1) is 0 Å². The van der Waals surface area contributed by atoms with Crippen LogP contribution in [-0.2, 0) is 24.2 Å². The fraction of sp³-hybridized carbons (Fsp3) is 0.321. The summed E-state index contributed by atoms with van der Waals surface area (Å²) in [6, 6.07) is 15.4. The third-order valence-corrected chi connectivity index (χ3v) is 8.31. The van der Waals surface area contributed by atoms with E-state index >= 15 is 0 Å². The van der Waals surface area contributed by atoms with E-state index in [1.54, 1.807) is 4.57 Å². The Bertz CT molecular complexity index is 1830. The highest BCUT2D eigenvalue weighted by Gasteiger charge is 2.19. The first-order valence-electron chi connectivity index (χ1n) is 13.2. The molecule has 0 radical (unpaired) electrons. The fourth-order valence-corrected chi connectivity index (χ4v) is 5.93. The summed E-state index contributed by atoms with van der Waals surface area (Å²) in [7, 11) is 0. The molecule has 2 aromatic carbocycles. The number of thiazole rings is 1. The molecule has 11 nitrogen and oxygen atoms in total. The first-order chi connectivity index (χ1) is 19.5. The van der Waals surface area contributed by atoms with Crippen molar-refractivity contribution in [1.82, 2.24) is 29.2 Å². The predicted molar refractivity (Wildman–Crippen MR) is 152 cm³/mol. The molecular weight excluding hydrogens is 532 g/mol. The number of aromatic nitrogens is 5. The number of nitrogens with zero attached hydrogens (tertiary/aromatic N) is 5. The SMILES string of the molecule is CCc1nc2c(=O)n(CCN3CCOCC3)c(=O)n(Cc3ccc(-c4ccccc4-c4noc(=O)[nH]4)cc3)c2s1. The number of ether oxygens (including phenoxy) is 1. The maximum Gasteiger partial charge on any atom is 0.439 e. The molecule has 6 rings (SSSR count). The third-order valence-electron chi connectivity index (χ3n) is 7.08. The highest BCUT2D eigenvalue weighted by Crippen LogP contribution is 2.30. The number of rotatable bonds is 8. The van der Waals surface area contributed by atoms with E-state index in [2.05, 4.69) is 20.0 Å². The van der Waals surface area contributed by atoms with Gasteiger partial charge in [0.25, 0.3) is 5.56 Å². The molecule has 0 atom stereocenters. The lowest BCUT2D eigenvalue weighted by molar-refractivity contribution is 0.0361. The van der Waals surface area contributed by atoms with Gasteiger partial charge in [-0.25, -0.2) is 14.6 Å². The standard InChI is InChI=1S/C28H28N6O5S/c1-2-22-29-23-25(35)33(12-11-32-13-15-38-16-14-32)28(37)34(26(23)40-22)17-18-7-9-19(10-8-18)20-5-3-4-6-21(20)24-30-27(36)39-31-24/h3-10H,2,11-17H2,1H3,(H,30,31,36). The van der Waals surface area contributed by atoms with Gasteiger partial charge in [0.05, 0.1) is 24.8 Å². The summed E-state index contributed by atoms with van der Waals surface area (Å²) in [4.78, 5) is 48.5. The van der Waals surface area contributed by atoms with Gasteiger partial charge in [-0.05, 0) is 23.1 Å². The van der Waals surface area contributed by atoms with E-state index in [-0.39, 0.29) is 11.2 Å². The van der Waals surface area contributed by atoms with Crippen molar-refractivity contribution in [2.75, 3.05) is 32.8 Å². The first-order valence-corrected chi connectivity index (χ1v) is 14.0. The van der Waals surface area contributed by atoms with Gasteiger partial charge < -0.3 is 4.74 Å². The smallest absolute Gasteiger partial charge is 0.379 e. The number of fused-ring (bicyclic) bond motifs is 1. The molecule has 0 bridgehead atoms. The van der Waals surface area contributed by atoms with Crippen molar-refractivity contribution in [2.45, 2.75) is 26.4 Å². The fourth-order valence-electron chi connectivity index (χ4n) is 4.94. The molecule has 1 saturated heterocycles. The Labute approximate surface area is 232 Å². The molecule has 0 saturated carbocycles. The quantitative estimate of drug-likeness (QED) is 0.307. The van der Waals surface area contributed by atoms with Crippen molar-refractivity contribution in [3.8, 4) is 22.5 Å². The Hall–Kier alpha value is -4.13. The highest BCUT2D eigenvalue weighted by molar-refractivity contribution is 7.18. The number of aryl methyl sites for hydroxylation is 1. The Morgan fingerprint density at radius 2 is 1.70 bits per heavy atom. The van der Waals surface area contributed by atoms with Crippen molar-refractivity contribution in [3.05, 3.63) is 90.5 Å². The number of hydrogen-bond acceptors (Lipinski definition) is 9. The molecule has 206 valence electrons. The van der Waals surface area contributed by atoms with Gasteiger partial charge in [-0.1, -0.05) is 60.6 Å². The van der Waals surface area contributed by atoms with Crippen molar-refractivity contribution in [2.24, 2.45) is 0 Å². The van der Waals surface area contributed by atoms with Crippen molar-refractivity contribution in [3.63, 3.8) is 0 Å². The van der Waals surface area contributed by atoms with E-state index in [1.807, 2.05) is 55.5 Å². The van der Waals surface area contributed by atoms with E-state index in [0.29, 0.717) is 55.4 Å². The molecule has 12 heteroatoms. The van der Waals surface area contributed by atoms with Crippen LogP contribution in [0.1, 0.15) is 17.5 Å². The lowest BCUT2D eigenvalue weighted by atomic mass is 9.98. The zero-order valence-corrected chi connectivity index (χ0v) is 22.8. The van der Waals surface area contributed by atoms with Crippen LogP contribution in [0.4, 0.5) is 0 Å². The van der Waals surface area contributed by atoms with E-state index in [9.17, 15) is 14.4 Å². The second-order valence-electron chi connectivity index (χ2n) is 9.58. The van der Waals surface area contributed by atoms with Gasteiger partial charge in [-0.3, -0.25) is 28.3 Å². The van der Waals surface area contributed by atoms with Crippen LogP contribution in [0.2, 0.25) is 0 Å². The first kappa shape index (κ1) is 26.1. The molecule has 1 aliphatic rings. The van der Waals surface area contributed by atoms with Crippen LogP contribution in [0.5, 0.6) is 0 Å². The second kappa shape index (κ2) is 11.2. The average Bonchev–Trinajstić information content (AvgIpc) is 3.63. The minimum absolute atomic E-state index is 0.298. The van der Waals surface area contributed by atoms with Gasteiger partial charge in [0, 0.05) is 31.7 Å². The minimum Gasteiger partial charge on any atom is -0.379 e. The summed E-state index contributed by atoms with van der Waals surface area (Å²) in [5, 5.41) is 4.65. The summed E-state index contributed by atoms with van der Waals surface area (Å²) in [5.74, 6) is -0.257. The Balaban J connectivity index is 1.34. The molecule has 4 heterocycles. The van der Waals surface area contributed by atoms with E-state index < -0.39 is 5.76 Å². The van der Waals surface area contributed by atoms with E-state index in [0.717, 1.165) is 40.4 Å². The average molecular weight is 561 g/mol. The molecule has 0 spiro atoms. The largest absolute Gasteiger partial charge is 0.439 e. The molecule has 5 aromatic rings. The van der Waals surface area contributed by atoms with Gasteiger partial charge in [0.1, 0.15) is 4.83 Å². The Morgan fingerprint density at radius 1 is 0.950 bits per heavy atom. The van der Waals surface area contributed by atoms with Gasteiger partial charge in [0.15, 0.2) is 11.3 Å². The normalized spacial score (nSPS) is 14.2. The highest BCUT2D eigenvalue weighted by atomic mass is 32.1. The van der Waals surface area contributed by atoms with Gasteiger partial charge in [-0.15, -0.1) is 11.3 Å². The molecule has 0 amide bonds. The minimum atomic E-state index is -0.613. The number of H-pyrrole nitrogens is 1. The summed E-state index contributed by atoms with van der Waals surface area (Å²) in [6.45, 7) is 6.06. The van der Waals surface area contributed by atoms with Crippen molar-refractivity contribution in [1.29, 1.82) is 0 Å². The number of hydrogen-bond donors (Lipinski definition) is 1. The van der Waals surface area contributed by atoms with E-state index in [4.69, 9.17) is 9.26 Å². The second-order valence-corrected chi connectivity index (χ2v) is 10.6. The molecular formula is C28H28N6O5S. The number of nitrogens with one attached hydrogen (secondary N) is 1. The lowest BCUT2D eigenvalue weighted by Gasteiger charge is -2.26. The van der Waals surface area contributed by atoms with Crippen LogP contribution in [0.25, 0.3) is 32.9 Å². The molecule has 0 aliphatic carbocycles. The third kappa shape index (κ3) is 5.08. The zero-order valence-electron chi connectivity index (χ0n) is 22.0. The monoisotopic (exact) mass is 560 g/mol. The zero-order chi connectivity index (χ0) is 27.6. The lowest BCUT2D eigenvalue weighted by Crippen LogP contribution is -2.44. The topological polar surface area (TPSA) is 128 Å². The maximum atomic E-state index is 13.7. The van der Waals surface area contributed by atoms with E-state index in [1.165, 1.54) is 15.9 Å². The number of morpholine rings is 1. The van der Waals surface area contributed by atoms with Crippen LogP contribution >= 0.6 is 11.3 Å².